The van der Waals surface area contributed by atoms with Gasteiger partial charge in [0.2, 0.25) is 5.91 Å². The van der Waals surface area contributed by atoms with Gasteiger partial charge in [0, 0.05) is 11.5 Å². The van der Waals surface area contributed by atoms with Crippen LogP contribution >= 0.6 is 0 Å². The van der Waals surface area contributed by atoms with E-state index in [1.54, 1.807) is 0 Å². The summed E-state index contributed by atoms with van der Waals surface area (Å²) in [6.45, 7) is 6.60. The highest BCUT2D eigenvalue weighted by atomic mass is 16.4. The van der Waals surface area contributed by atoms with Crippen molar-refractivity contribution in [3.05, 3.63) is 0 Å². The molecule has 1 fully saturated rings. The van der Waals surface area contributed by atoms with Crippen LogP contribution in [-0.2, 0) is 4.79 Å². The standard InChI is InChI=1S/C14H28N4O2/c1-10(12(19)17-11-6-7-11)16-9-5-4-8-14(2,3)13(15)18-20/h10-11,16,20H,4-9H2,1-3H3,(H2,15,18)(H,17,19). The van der Waals surface area contributed by atoms with E-state index in [0.29, 0.717) is 6.04 Å². The molecule has 1 aliphatic carbocycles. The number of nitrogens with two attached hydrogens (primary N) is 1. The van der Waals surface area contributed by atoms with Crippen LogP contribution in [0.25, 0.3) is 0 Å². The van der Waals surface area contributed by atoms with Crippen molar-refractivity contribution in [1.29, 1.82) is 0 Å². The van der Waals surface area contributed by atoms with Crippen LogP contribution in [0.3, 0.4) is 0 Å². The van der Waals surface area contributed by atoms with Crippen molar-refractivity contribution in [3.8, 4) is 0 Å². The highest BCUT2D eigenvalue weighted by Gasteiger charge is 2.25. The normalized spacial score (nSPS) is 17.9. The summed E-state index contributed by atoms with van der Waals surface area (Å²) in [6.07, 6.45) is 5.01. The Balaban J connectivity index is 2.10. The molecule has 1 saturated carbocycles. The van der Waals surface area contributed by atoms with E-state index in [2.05, 4.69) is 15.8 Å². The van der Waals surface area contributed by atoms with E-state index in [9.17, 15) is 4.79 Å². The topological polar surface area (TPSA) is 99.7 Å². The minimum atomic E-state index is -0.288. The molecule has 20 heavy (non-hydrogen) atoms. The molecule has 0 radical (unpaired) electrons. The number of amides is 1. The lowest BCUT2D eigenvalue weighted by atomic mass is 9.86. The number of amidine groups is 1. The fraction of sp³-hybridized carbons (Fsp3) is 0.857. The van der Waals surface area contributed by atoms with Gasteiger partial charge < -0.3 is 21.6 Å². The van der Waals surface area contributed by atoms with Gasteiger partial charge >= 0.3 is 0 Å². The molecule has 0 aromatic heterocycles. The van der Waals surface area contributed by atoms with Crippen molar-refractivity contribution in [3.63, 3.8) is 0 Å². The van der Waals surface area contributed by atoms with E-state index in [1.807, 2.05) is 20.8 Å². The van der Waals surface area contributed by atoms with Gasteiger partial charge in [-0.25, -0.2) is 0 Å². The Morgan fingerprint density at radius 3 is 2.65 bits per heavy atom. The van der Waals surface area contributed by atoms with Gasteiger partial charge in [-0.2, -0.15) is 0 Å². The first-order chi connectivity index (χ1) is 9.36. The zero-order chi connectivity index (χ0) is 15.2. The van der Waals surface area contributed by atoms with Crippen molar-refractivity contribution in [2.75, 3.05) is 6.54 Å². The van der Waals surface area contributed by atoms with Gasteiger partial charge in [0.15, 0.2) is 0 Å². The summed E-state index contributed by atoms with van der Waals surface area (Å²) < 4.78 is 0. The van der Waals surface area contributed by atoms with Crippen molar-refractivity contribution < 1.29 is 10.0 Å². The molecule has 0 aliphatic heterocycles. The molecule has 116 valence electrons. The fourth-order valence-electron chi connectivity index (χ4n) is 1.92. The highest BCUT2D eigenvalue weighted by Crippen LogP contribution is 2.23. The van der Waals surface area contributed by atoms with Crippen LogP contribution in [-0.4, -0.2) is 35.6 Å². The zero-order valence-electron chi connectivity index (χ0n) is 12.8. The molecule has 1 unspecified atom stereocenters. The molecule has 6 heteroatoms. The molecular formula is C14H28N4O2. The number of carbonyl (C=O) groups excluding carboxylic acids is 1. The maximum absolute atomic E-state index is 11.7. The third kappa shape index (κ3) is 5.77. The summed E-state index contributed by atoms with van der Waals surface area (Å²) in [5.74, 6) is 0.354. The summed E-state index contributed by atoms with van der Waals surface area (Å²) in [5.41, 5.74) is 5.35. The molecule has 1 amide bonds. The summed E-state index contributed by atoms with van der Waals surface area (Å²) in [5, 5.41) is 18.0. The van der Waals surface area contributed by atoms with Crippen LogP contribution in [0.1, 0.15) is 52.9 Å². The number of unbranched alkanes of at least 4 members (excludes halogenated alkanes) is 1. The van der Waals surface area contributed by atoms with Crippen molar-refractivity contribution >= 4 is 11.7 Å². The van der Waals surface area contributed by atoms with Crippen LogP contribution in [0.15, 0.2) is 5.16 Å². The van der Waals surface area contributed by atoms with Crippen LogP contribution in [0.5, 0.6) is 0 Å². The molecule has 1 atom stereocenters. The number of hydrogen-bond donors (Lipinski definition) is 4. The molecule has 0 spiro atoms. The maximum Gasteiger partial charge on any atom is 0.237 e. The van der Waals surface area contributed by atoms with Gasteiger partial charge in [0.05, 0.1) is 6.04 Å². The summed E-state index contributed by atoms with van der Waals surface area (Å²) in [7, 11) is 0. The third-order valence-corrected chi connectivity index (χ3v) is 3.80. The lowest BCUT2D eigenvalue weighted by molar-refractivity contribution is -0.122. The average Bonchev–Trinajstić information content (AvgIpc) is 3.20. The highest BCUT2D eigenvalue weighted by molar-refractivity contribution is 5.85. The number of nitrogens with one attached hydrogen (secondary N) is 2. The van der Waals surface area contributed by atoms with Gasteiger partial charge in [-0.1, -0.05) is 25.4 Å². The van der Waals surface area contributed by atoms with Crippen LogP contribution in [0.4, 0.5) is 0 Å². The lowest BCUT2D eigenvalue weighted by Crippen LogP contribution is -2.43. The van der Waals surface area contributed by atoms with Gasteiger partial charge in [-0.15, -0.1) is 0 Å². The van der Waals surface area contributed by atoms with E-state index < -0.39 is 0 Å². The molecule has 6 nitrogen and oxygen atoms in total. The first kappa shape index (κ1) is 16.8. The SMILES string of the molecule is CC(NCCCCC(C)(C)C(N)=NO)C(=O)NC1CC1. The monoisotopic (exact) mass is 284 g/mol. The molecule has 0 aromatic rings. The van der Waals surface area contributed by atoms with Gasteiger partial charge in [-0.3, -0.25) is 4.79 Å². The minimum absolute atomic E-state index is 0.0875. The second kappa shape index (κ2) is 7.47. The first-order valence-corrected chi connectivity index (χ1v) is 7.38. The summed E-state index contributed by atoms with van der Waals surface area (Å²) in [4.78, 5) is 11.7. The third-order valence-electron chi connectivity index (χ3n) is 3.80. The summed E-state index contributed by atoms with van der Waals surface area (Å²) in [6, 6.07) is 0.265. The van der Waals surface area contributed by atoms with Crippen molar-refractivity contribution in [2.24, 2.45) is 16.3 Å². The predicted octanol–water partition coefficient (Wildman–Crippen LogP) is 1.19. The van der Waals surface area contributed by atoms with Gasteiger partial charge in [0.1, 0.15) is 5.84 Å². The van der Waals surface area contributed by atoms with Gasteiger partial charge in [0.25, 0.3) is 0 Å². The van der Waals surface area contributed by atoms with Crippen LogP contribution < -0.4 is 16.4 Å². The Morgan fingerprint density at radius 2 is 2.10 bits per heavy atom. The maximum atomic E-state index is 11.7. The molecule has 0 saturated heterocycles. The number of oxime groups is 1. The van der Waals surface area contributed by atoms with Crippen LogP contribution in [0.2, 0.25) is 0 Å². The zero-order valence-corrected chi connectivity index (χ0v) is 12.8. The molecule has 0 heterocycles. The van der Waals surface area contributed by atoms with E-state index >= 15 is 0 Å². The number of nitrogens with zero attached hydrogens (tertiary/aromatic N) is 1. The first-order valence-electron chi connectivity index (χ1n) is 7.38. The number of hydrogen-bond acceptors (Lipinski definition) is 4. The quantitative estimate of drug-likeness (QED) is 0.168. The number of rotatable bonds is 9. The Labute approximate surface area is 121 Å². The van der Waals surface area contributed by atoms with Crippen molar-refractivity contribution in [1.82, 2.24) is 10.6 Å². The molecule has 1 aliphatic rings. The second-order valence-electron chi connectivity index (χ2n) is 6.28. The molecule has 0 bridgehead atoms. The Hall–Kier alpha value is -1.30. The largest absolute Gasteiger partial charge is 0.409 e. The predicted molar refractivity (Wildman–Crippen MR) is 79.7 cm³/mol. The molecular weight excluding hydrogens is 256 g/mol. The summed E-state index contributed by atoms with van der Waals surface area (Å²) >= 11 is 0. The van der Waals surface area contributed by atoms with E-state index in [1.165, 1.54) is 0 Å². The average molecular weight is 284 g/mol. The van der Waals surface area contributed by atoms with E-state index in [-0.39, 0.29) is 23.2 Å². The lowest BCUT2D eigenvalue weighted by Gasteiger charge is -2.22. The Morgan fingerprint density at radius 1 is 1.45 bits per heavy atom. The Kier molecular flexibility index (Phi) is 6.26. The van der Waals surface area contributed by atoms with Crippen molar-refractivity contribution in [2.45, 2.75) is 65.0 Å². The second-order valence-corrected chi connectivity index (χ2v) is 6.28. The molecule has 1 rings (SSSR count). The van der Waals surface area contributed by atoms with Gasteiger partial charge in [-0.05, 0) is 39.2 Å². The molecule has 0 aromatic carbocycles. The van der Waals surface area contributed by atoms with Crippen LogP contribution in [0, 0.1) is 5.41 Å². The molecule has 5 N–H and O–H groups in total. The minimum Gasteiger partial charge on any atom is -0.409 e. The fourth-order valence-corrected chi connectivity index (χ4v) is 1.92. The smallest absolute Gasteiger partial charge is 0.237 e. The van der Waals surface area contributed by atoms with E-state index in [4.69, 9.17) is 10.9 Å². The Bertz CT molecular complexity index is 351. The number of carbonyl (C=O) groups is 1. The van der Waals surface area contributed by atoms with E-state index in [0.717, 1.165) is 38.6 Å².